The number of ether oxygens (including phenoxy) is 2. The molecule has 0 aliphatic carbocycles. The van der Waals surface area contributed by atoms with E-state index in [2.05, 4.69) is 10.6 Å². The monoisotopic (exact) mass is 296 g/mol. The van der Waals surface area contributed by atoms with E-state index in [0.29, 0.717) is 11.4 Å². The largest absolute Gasteiger partial charge is 0.497 e. The second kappa shape index (κ2) is 7.61. The van der Waals surface area contributed by atoms with Crippen LogP contribution < -0.4 is 15.4 Å². The Morgan fingerprint density at radius 2 is 1.81 bits per heavy atom. The van der Waals surface area contributed by atoms with Crippen LogP contribution in [0.2, 0.25) is 0 Å². The zero-order chi connectivity index (χ0) is 15.9. The molecule has 0 saturated carbocycles. The minimum absolute atomic E-state index is 0.0490. The average Bonchev–Trinajstić information content (AvgIpc) is 2.45. The number of hydrogen-bond donors (Lipinski definition) is 3. The SMILES string of the molecule is COCC(C)(O)CNC(=O)C(=O)Nc1ccc(OC)cc1. The molecule has 1 aromatic carbocycles. The van der Waals surface area contributed by atoms with E-state index in [9.17, 15) is 14.7 Å². The zero-order valence-corrected chi connectivity index (χ0v) is 12.3. The molecule has 0 bridgehead atoms. The number of carbonyl (C=O) groups excluding carboxylic acids is 2. The van der Waals surface area contributed by atoms with Gasteiger partial charge in [0.05, 0.1) is 13.7 Å². The van der Waals surface area contributed by atoms with Gasteiger partial charge in [-0.3, -0.25) is 9.59 Å². The topological polar surface area (TPSA) is 96.9 Å². The zero-order valence-electron chi connectivity index (χ0n) is 12.3. The molecule has 2 amide bonds. The van der Waals surface area contributed by atoms with E-state index < -0.39 is 17.4 Å². The summed E-state index contributed by atoms with van der Waals surface area (Å²) in [6, 6.07) is 6.56. The van der Waals surface area contributed by atoms with Gasteiger partial charge in [0.2, 0.25) is 0 Å². The van der Waals surface area contributed by atoms with Gasteiger partial charge in [-0.2, -0.15) is 0 Å². The first-order valence-corrected chi connectivity index (χ1v) is 6.32. The first-order chi connectivity index (χ1) is 9.88. The molecule has 1 aromatic rings. The van der Waals surface area contributed by atoms with Crippen molar-refractivity contribution in [1.82, 2.24) is 5.32 Å². The predicted octanol–water partition coefficient (Wildman–Crippen LogP) is 0.147. The summed E-state index contributed by atoms with van der Waals surface area (Å²) in [5, 5.41) is 14.6. The van der Waals surface area contributed by atoms with Crippen molar-refractivity contribution in [3.05, 3.63) is 24.3 Å². The lowest BCUT2D eigenvalue weighted by atomic mass is 10.1. The van der Waals surface area contributed by atoms with Crippen molar-refractivity contribution in [3.8, 4) is 5.75 Å². The minimum atomic E-state index is -1.23. The van der Waals surface area contributed by atoms with Crippen LogP contribution in [0.5, 0.6) is 5.75 Å². The lowest BCUT2D eigenvalue weighted by molar-refractivity contribution is -0.137. The fourth-order valence-corrected chi connectivity index (χ4v) is 1.58. The van der Waals surface area contributed by atoms with Crippen molar-refractivity contribution in [1.29, 1.82) is 0 Å². The molecule has 1 atom stereocenters. The van der Waals surface area contributed by atoms with Crippen LogP contribution in [0.4, 0.5) is 5.69 Å². The Labute approximate surface area is 123 Å². The number of rotatable bonds is 6. The molecule has 1 rings (SSSR count). The molecule has 21 heavy (non-hydrogen) atoms. The van der Waals surface area contributed by atoms with Crippen LogP contribution in [0, 0.1) is 0 Å². The lowest BCUT2D eigenvalue weighted by Crippen LogP contribution is -2.46. The average molecular weight is 296 g/mol. The van der Waals surface area contributed by atoms with E-state index in [1.165, 1.54) is 21.1 Å². The van der Waals surface area contributed by atoms with Gasteiger partial charge in [0, 0.05) is 19.3 Å². The Morgan fingerprint density at radius 1 is 1.19 bits per heavy atom. The number of hydrogen-bond acceptors (Lipinski definition) is 5. The van der Waals surface area contributed by atoms with Crippen LogP contribution in [-0.4, -0.2) is 49.9 Å². The van der Waals surface area contributed by atoms with Gasteiger partial charge < -0.3 is 25.2 Å². The number of amides is 2. The first kappa shape index (κ1) is 16.9. The highest BCUT2D eigenvalue weighted by molar-refractivity contribution is 6.39. The fourth-order valence-electron chi connectivity index (χ4n) is 1.58. The molecule has 1 unspecified atom stereocenters. The summed E-state index contributed by atoms with van der Waals surface area (Å²) in [6.07, 6.45) is 0. The molecule has 3 N–H and O–H groups in total. The van der Waals surface area contributed by atoms with Crippen molar-refractivity contribution in [2.75, 3.05) is 32.7 Å². The highest BCUT2D eigenvalue weighted by atomic mass is 16.5. The maximum Gasteiger partial charge on any atom is 0.313 e. The number of benzene rings is 1. The van der Waals surface area contributed by atoms with E-state index >= 15 is 0 Å². The third kappa shape index (κ3) is 5.80. The Bertz CT molecular complexity index is 485. The van der Waals surface area contributed by atoms with Crippen LogP contribution in [0.1, 0.15) is 6.92 Å². The molecule has 0 radical (unpaired) electrons. The van der Waals surface area contributed by atoms with Crippen LogP contribution in [0.25, 0.3) is 0 Å². The molecule has 0 aliphatic rings. The summed E-state index contributed by atoms with van der Waals surface area (Å²) in [6.45, 7) is 1.46. The standard InChI is InChI=1S/C14H20N2O5/c1-14(19,9-20-2)8-15-12(17)13(18)16-10-4-6-11(21-3)7-5-10/h4-7,19H,8-9H2,1-3H3,(H,15,17)(H,16,18). The highest BCUT2D eigenvalue weighted by Crippen LogP contribution is 2.14. The highest BCUT2D eigenvalue weighted by Gasteiger charge is 2.23. The summed E-state index contributed by atoms with van der Waals surface area (Å²) in [5.74, 6) is -0.997. The first-order valence-electron chi connectivity index (χ1n) is 6.32. The minimum Gasteiger partial charge on any atom is -0.497 e. The predicted molar refractivity (Wildman–Crippen MR) is 77.1 cm³/mol. The summed E-state index contributed by atoms with van der Waals surface area (Å²) < 4.78 is 9.79. The quantitative estimate of drug-likeness (QED) is 0.649. The second-order valence-corrected chi connectivity index (χ2v) is 4.80. The fraction of sp³-hybridized carbons (Fsp3) is 0.429. The van der Waals surface area contributed by atoms with Gasteiger partial charge in [0.25, 0.3) is 0 Å². The van der Waals surface area contributed by atoms with Crippen molar-refractivity contribution in [3.63, 3.8) is 0 Å². The van der Waals surface area contributed by atoms with Gasteiger partial charge in [-0.25, -0.2) is 0 Å². The third-order valence-electron chi connectivity index (χ3n) is 2.64. The van der Waals surface area contributed by atoms with Gasteiger partial charge in [-0.05, 0) is 31.2 Å². The molecule has 7 heteroatoms. The molecular weight excluding hydrogens is 276 g/mol. The Hall–Kier alpha value is -2.12. The van der Waals surface area contributed by atoms with Gasteiger partial charge in [0.1, 0.15) is 11.4 Å². The second-order valence-electron chi connectivity index (χ2n) is 4.80. The Kier molecular flexibility index (Phi) is 6.13. The molecule has 116 valence electrons. The molecule has 0 aromatic heterocycles. The van der Waals surface area contributed by atoms with Gasteiger partial charge in [-0.15, -0.1) is 0 Å². The summed E-state index contributed by atoms with van der Waals surface area (Å²) in [7, 11) is 2.97. The van der Waals surface area contributed by atoms with Crippen LogP contribution in [0.15, 0.2) is 24.3 Å². The summed E-state index contributed by atoms with van der Waals surface area (Å²) in [5.41, 5.74) is -0.759. The van der Waals surface area contributed by atoms with Crippen molar-refractivity contribution < 1.29 is 24.2 Å². The van der Waals surface area contributed by atoms with Crippen LogP contribution in [0.3, 0.4) is 0 Å². The van der Waals surface area contributed by atoms with E-state index in [-0.39, 0.29) is 13.2 Å². The molecule has 0 spiro atoms. The maximum atomic E-state index is 11.7. The van der Waals surface area contributed by atoms with Crippen LogP contribution >= 0.6 is 0 Å². The molecule has 7 nitrogen and oxygen atoms in total. The third-order valence-corrected chi connectivity index (χ3v) is 2.64. The smallest absolute Gasteiger partial charge is 0.313 e. The summed E-state index contributed by atoms with van der Waals surface area (Å²) in [4.78, 5) is 23.3. The Morgan fingerprint density at radius 3 is 2.33 bits per heavy atom. The van der Waals surface area contributed by atoms with Crippen molar-refractivity contribution in [2.24, 2.45) is 0 Å². The van der Waals surface area contributed by atoms with E-state index in [4.69, 9.17) is 9.47 Å². The number of carbonyl (C=O) groups is 2. The van der Waals surface area contributed by atoms with Gasteiger partial charge in [0.15, 0.2) is 0 Å². The molecule has 0 saturated heterocycles. The maximum absolute atomic E-state index is 11.7. The van der Waals surface area contributed by atoms with Crippen LogP contribution in [-0.2, 0) is 14.3 Å². The molecule has 0 fully saturated rings. The van der Waals surface area contributed by atoms with Crippen molar-refractivity contribution in [2.45, 2.75) is 12.5 Å². The van der Waals surface area contributed by atoms with Gasteiger partial charge >= 0.3 is 11.8 Å². The summed E-state index contributed by atoms with van der Waals surface area (Å²) >= 11 is 0. The Balaban J connectivity index is 2.49. The number of aliphatic hydroxyl groups is 1. The number of nitrogens with one attached hydrogen (secondary N) is 2. The van der Waals surface area contributed by atoms with Gasteiger partial charge in [-0.1, -0.05) is 0 Å². The van der Waals surface area contributed by atoms with E-state index in [1.54, 1.807) is 24.3 Å². The normalized spacial score (nSPS) is 13.1. The lowest BCUT2D eigenvalue weighted by Gasteiger charge is -2.22. The molecule has 0 heterocycles. The van der Waals surface area contributed by atoms with E-state index in [0.717, 1.165) is 0 Å². The molecular formula is C14H20N2O5. The number of anilines is 1. The number of methoxy groups -OCH3 is 2. The van der Waals surface area contributed by atoms with E-state index in [1.807, 2.05) is 0 Å². The molecule has 0 aliphatic heterocycles. The van der Waals surface area contributed by atoms with Crippen molar-refractivity contribution >= 4 is 17.5 Å².